The minimum Gasteiger partial charge on any atom is -0.385 e. The van der Waals surface area contributed by atoms with Gasteiger partial charge in [0.1, 0.15) is 5.84 Å². The molecule has 1 fully saturated rings. The molecule has 5 rings (SSSR count). The first kappa shape index (κ1) is 25.9. The predicted octanol–water partition coefficient (Wildman–Crippen LogP) is 4.97. The van der Waals surface area contributed by atoms with Crippen LogP contribution in [0.4, 0.5) is 13.2 Å². The van der Waals surface area contributed by atoms with Crippen LogP contribution in [0.25, 0.3) is 10.8 Å². The highest BCUT2D eigenvalue weighted by Crippen LogP contribution is 2.34. The van der Waals surface area contributed by atoms with Gasteiger partial charge in [-0.1, -0.05) is 62.4 Å². The molecule has 2 aliphatic heterocycles. The van der Waals surface area contributed by atoms with Crippen molar-refractivity contribution >= 4 is 28.2 Å². The molecule has 3 aromatic carbocycles. The van der Waals surface area contributed by atoms with E-state index in [9.17, 15) is 13.2 Å². The molecule has 38 heavy (non-hydrogen) atoms. The molecule has 1 saturated heterocycles. The molecule has 6 nitrogen and oxygen atoms in total. The normalized spacial score (nSPS) is 17.2. The van der Waals surface area contributed by atoms with E-state index in [0.29, 0.717) is 34.9 Å². The van der Waals surface area contributed by atoms with Crippen molar-refractivity contribution in [3.63, 3.8) is 0 Å². The smallest absolute Gasteiger partial charge is 0.385 e. The molecule has 0 bridgehead atoms. The van der Waals surface area contributed by atoms with E-state index < -0.39 is 11.7 Å². The lowest BCUT2D eigenvalue weighted by Gasteiger charge is -2.38. The first-order valence-electron chi connectivity index (χ1n) is 12.7. The Morgan fingerprint density at radius 1 is 1.05 bits per heavy atom. The van der Waals surface area contributed by atoms with Gasteiger partial charge in [0, 0.05) is 31.1 Å². The van der Waals surface area contributed by atoms with E-state index in [1.807, 2.05) is 38.1 Å². The van der Waals surface area contributed by atoms with E-state index in [1.165, 1.54) is 11.6 Å². The van der Waals surface area contributed by atoms with E-state index in [2.05, 4.69) is 27.1 Å². The van der Waals surface area contributed by atoms with Crippen LogP contribution >= 0.6 is 0 Å². The maximum Gasteiger partial charge on any atom is 0.416 e. The molecule has 0 spiro atoms. The lowest BCUT2D eigenvalue weighted by Crippen LogP contribution is -2.52. The SMILES string of the molecule is CC(C)Cc1ccc(C2=NC(c3ccc(CN4CC(C(N)=NN)C4)c4ccccc34)=NC2)cc1C(F)(F)F. The molecular weight excluding hydrogens is 489 g/mol. The fraction of sp³-hybridized carbons (Fsp3) is 0.345. The number of hydrogen-bond acceptors (Lipinski definition) is 5. The number of fused-ring (bicyclic) bond motifs is 1. The van der Waals surface area contributed by atoms with E-state index in [0.717, 1.165) is 36.0 Å². The van der Waals surface area contributed by atoms with Crippen molar-refractivity contribution in [3.8, 4) is 0 Å². The van der Waals surface area contributed by atoms with Crippen LogP contribution in [0.15, 0.2) is 69.7 Å². The molecule has 0 aromatic heterocycles. The van der Waals surface area contributed by atoms with E-state index >= 15 is 0 Å². The van der Waals surface area contributed by atoms with Crippen molar-refractivity contribution in [1.82, 2.24) is 4.90 Å². The van der Waals surface area contributed by atoms with Crippen LogP contribution in [0.1, 0.15) is 41.7 Å². The molecule has 2 aliphatic rings. The highest BCUT2D eigenvalue weighted by molar-refractivity contribution is 6.21. The second-order valence-corrected chi connectivity index (χ2v) is 10.4. The van der Waals surface area contributed by atoms with Crippen LogP contribution in [0.2, 0.25) is 0 Å². The molecule has 3 aromatic rings. The summed E-state index contributed by atoms with van der Waals surface area (Å²) in [6.07, 6.45) is -4.05. The topological polar surface area (TPSA) is 92.4 Å². The Kier molecular flexibility index (Phi) is 6.96. The minimum atomic E-state index is -4.42. The summed E-state index contributed by atoms with van der Waals surface area (Å²) >= 11 is 0. The summed E-state index contributed by atoms with van der Waals surface area (Å²) in [5, 5.41) is 5.71. The van der Waals surface area contributed by atoms with Crippen LogP contribution in [0.3, 0.4) is 0 Å². The molecule has 2 heterocycles. The summed E-state index contributed by atoms with van der Waals surface area (Å²) in [5.41, 5.74) is 8.59. The van der Waals surface area contributed by atoms with Crippen LogP contribution < -0.4 is 11.6 Å². The third-order valence-corrected chi connectivity index (χ3v) is 7.17. The Hall–Kier alpha value is -3.72. The average Bonchev–Trinajstić information content (AvgIpc) is 3.34. The van der Waals surface area contributed by atoms with Gasteiger partial charge in [0.05, 0.1) is 17.8 Å². The molecule has 198 valence electrons. The van der Waals surface area contributed by atoms with Crippen LogP contribution in [-0.2, 0) is 19.1 Å². The van der Waals surface area contributed by atoms with E-state index in [4.69, 9.17) is 16.6 Å². The quantitative estimate of drug-likeness (QED) is 0.199. The van der Waals surface area contributed by atoms with E-state index in [-0.39, 0.29) is 18.4 Å². The summed E-state index contributed by atoms with van der Waals surface area (Å²) in [6.45, 7) is 6.44. The number of benzene rings is 3. The summed E-state index contributed by atoms with van der Waals surface area (Å²) in [7, 11) is 0. The van der Waals surface area contributed by atoms with Crippen LogP contribution in [0.5, 0.6) is 0 Å². The largest absolute Gasteiger partial charge is 0.416 e. The van der Waals surface area contributed by atoms with Gasteiger partial charge in [-0.2, -0.15) is 18.3 Å². The number of aliphatic imine (C=N–C) groups is 2. The molecule has 0 saturated carbocycles. The zero-order chi connectivity index (χ0) is 27.0. The van der Waals surface area contributed by atoms with Gasteiger partial charge >= 0.3 is 6.18 Å². The average molecular weight is 521 g/mol. The number of alkyl halides is 3. The Morgan fingerprint density at radius 2 is 1.76 bits per heavy atom. The summed E-state index contributed by atoms with van der Waals surface area (Å²) in [5.74, 6) is 6.63. The van der Waals surface area contributed by atoms with Crippen molar-refractivity contribution in [2.24, 2.45) is 38.5 Å². The second kappa shape index (κ2) is 10.2. The Balaban J connectivity index is 1.42. The molecular formula is C29H31F3N6. The highest BCUT2D eigenvalue weighted by atomic mass is 19.4. The number of halogens is 3. The van der Waals surface area contributed by atoms with Crippen LogP contribution in [-0.4, -0.2) is 41.9 Å². The molecule has 0 unspecified atom stereocenters. The summed E-state index contributed by atoms with van der Waals surface area (Å²) < 4.78 is 41.5. The molecule has 0 radical (unpaired) electrons. The Labute approximate surface area is 219 Å². The third-order valence-electron chi connectivity index (χ3n) is 7.17. The van der Waals surface area contributed by atoms with Gasteiger partial charge in [-0.25, -0.2) is 4.99 Å². The van der Waals surface area contributed by atoms with Crippen LogP contribution in [0, 0.1) is 11.8 Å². The molecule has 9 heteroatoms. The number of nitrogens with two attached hydrogens (primary N) is 2. The van der Waals surface area contributed by atoms with Crippen molar-refractivity contribution in [3.05, 3.63) is 82.4 Å². The summed E-state index contributed by atoms with van der Waals surface area (Å²) in [4.78, 5) is 11.6. The number of likely N-dealkylation sites (tertiary alicyclic amines) is 1. The molecule has 4 N–H and O–H groups in total. The Bertz CT molecular complexity index is 1450. The molecule has 0 aliphatic carbocycles. The highest BCUT2D eigenvalue weighted by Gasteiger charge is 2.34. The maximum absolute atomic E-state index is 13.8. The predicted molar refractivity (Wildman–Crippen MR) is 146 cm³/mol. The number of hydrogen-bond donors (Lipinski definition) is 2. The van der Waals surface area contributed by atoms with Gasteiger partial charge in [0.15, 0.2) is 5.84 Å². The Morgan fingerprint density at radius 3 is 2.45 bits per heavy atom. The van der Waals surface area contributed by atoms with Crippen molar-refractivity contribution in [1.29, 1.82) is 0 Å². The fourth-order valence-corrected chi connectivity index (χ4v) is 5.21. The van der Waals surface area contributed by atoms with Crippen molar-refractivity contribution < 1.29 is 13.2 Å². The van der Waals surface area contributed by atoms with Crippen molar-refractivity contribution in [2.45, 2.75) is 33.0 Å². The molecule has 0 amide bonds. The first-order chi connectivity index (χ1) is 18.1. The number of nitrogens with zero attached hydrogens (tertiary/aromatic N) is 4. The zero-order valence-corrected chi connectivity index (χ0v) is 21.5. The number of hydrazone groups is 1. The van der Waals surface area contributed by atoms with Gasteiger partial charge in [0.2, 0.25) is 0 Å². The summed E-state index contributed by atoms with van der Waals surface area (Å²) in [6, 6.07) is 16.7. The standard InChI is InChI=1S/C29H31F3N6/c1-17(2)11-18-7-8-19(12-25(18)29(30,31)32)26-13-35-28(36-26)24-10-9-20(22-5-3-4-6-23(22)24)14-38-15-21(16-38)27(33)37-34/h3-10,12,17,21H,11,13-16,34H2,1-2H3,(H2,33,37). The van der Waals surface area contributed by atoms with E-state index in [1.54, 1.807) is 12.1 Å². The minimum absolute atomic E-state index is 0.123. The van der Waals surface area contributed by atoms with Gasteiger partial charge in [-0.15, -0.1) is 0 Å². The zero-order valence-electron chi connectivity index (χ0n) is 21.5. The maximum atomic E-state index is 13.8. The van der Waals surface area contributed by atoms with Gasteiger partial charge in [0.25, 0.3) is 0 Å². The molecule has 0 atom stereocenters. The van der Waals surface area contributed by atoms with Crippen molar-refractivity contribution in [2.75, 3.05) is 19.6 Å². The first-order valence-corrected chi connectivity index (χ1v) is 12.7. The lowest BCUT2D eigenvalue weighted by atomic mass is 9.94. The third kappa shape index (κ3) is 5.15. The van der Waals surface area contributed by atoms with Gasteiger partial charge in [-0.05, 0) is 45.9 Å². The fourth-order valence-electron chi connectivity index (χ4n) is 5.21. The lowest BCUT2D eigenvalue weighted by molar-refractivity contribution is -0.138. The number of amidine groups is 2. The van der Waals surface area contributed by atoms with Gasteiger partial charge < -0.3 is 11.6 Å². The second-order valence-electron chi connectivity index (χ2n) is 10.4. The monoisotopic (exact) mass is 520 g/mol. The van der Waals surface area contributed by atoms with Gasteiger partial charge in [-0.3, -0.25) is 9.89 Å². The number of rotatable bonds is 7.